The largest absolute Gasteiger partial charge is 0.456 e. The van der Waals surface area contributed by atoms with E-state index < -0.39 is 11.5 Å². The lowest BCUT2D eigenvalue weighted by atomic mass is 10.2. The summed E-state index contributed by atoms with van der Waals surface area (Å²) in [6, 6.07) is 6.48. The van der Waals surface area contributed by atoms with E-state index in [1.54, 1.807) is 48.0 Å². The fourth-order valence-corrected chi connectivity index (χ4v) is 3.43. The van der Waals surface area contributed by atoms with Gasteiger partial charge in [-0.3, -0.25) is 14.3 Å². The smallest absolute Gasteiger partial charge is 0.284 e. The van der Waals surface area contributed by atoms with Crippen LogP contribution in [0.1, 0.15) is 23.0 Å². The zero-order valence-corrected chi connectivity index (χ0v) is 17.4. The third kappa shape index (κ3) is 4.16. The highest BCUT2D eigenvalue weighted by Crippen LogP contribution is 2.23. The van der Waals surface area contributed by atoms with E-state index in [2.05, 4.69) is 21.9 Å². The van der Waals surface area contributed by atoms with Crippen molar-refractivity contribution in [1.29, 1.82) is 0 Å². The van der Waals surface area contributed by atoms with Crippen molar-refractivity contribution in [2.45, 2.75) is 20.1 Å². The molecule has 0 unspecified atom stereocenters. The number of rotatable bonds is 6. The number of aromatic nitrogens is 4. The van der Waals surface area contributed by atoms with Crippen molar-refractivity contribution >= 4 is 23.2 Å². The molecule has 10 heteroatoms. The highest BCUT2D eigenvalue weighted by atomic mass is 16.5. The van der Waals surface area contributed by atoms with Gasteiger partial charge in [-0.2, -0.15) is 0 Å². The Morgan fingerprint density at radius 1 is 1.31 bits per heavy atom. The van der Waals surface area contributed by atoms with Gasteiger partial charge >= 0.3 is 0 Å². The van der Waals surface area contributed by atoms with Crippen LogP contribution in [0.3, 0.4) is 0 Å². The molecule has 0 saturated carbocycles. The molecule has 0 atom stereocenters. The first kappa shape index (κ1) is 21.1. The highest BCUT2D eigenvalue weighted by molar-refractivity contribution is 6.04. The number of fused-ring (bicyclic) bond motifs is 1. The summed E-state index contributed by atoms with van der Waals surface area (Å²) in [4.78, 5) is 34.2. The fourth-order valence-electron chi connectivity index (χ4n) is 3.43. The Balaban J connectivity index is 1.57. The van der Waals surface area contributed by atoms with Crippen molar-refractivity contribution in [3.63, 3.8) is 0 Å². The first-order valence-electron chi connectivity index (χ1n) is 9.87. The number of pyridine rings is 2. The van der Waals surface area contributed by atoms with Gasteiger partial charge in [-0.15, -0.1) is 0 Å². The molecule has 10 nitrogen and oxygen atoms in total. The molecule has 0 bridgehead atoms. The van der Waals surface area contributed by atoms with Crippen LogP contribution in [-0.2, 0) is 17.9 Å². The lowest BCUT2D eigenvalue weighted by Gasteiger charge is -2.19. The Morgan fingerprint density at radius 2 is 2.16 bits per heavy atom. The second-order valence-corrected chi connectivity index (χ2v) is 7.01. The maximum atomic E-state index is 13.1. The Kier molecular flexibility index (Phi) is 5.86. The van der Waals surface area contributed by atoms with Crippen LogP contribution < -0.4 is 21.3 Å². The lowest BCUT2D eigenvalue weighted by molar-refractivity contribution is 0.0758. The number of carbonyl (C=O) groups is 1. The van der Waals surface area contributed by atoms with Gasteiger partial charge in [-0.25, -0.2) is 14.6 Å². The van der Waals surface area contributed by atoms with Crippen molar-refractivity contribution in [2.24, 2.45) is 0 Å². The molecule has 1 aliphatic heterocycles. The molecule has 1 amide bonds. The molecule has 3 N–H and O–H groups in total. The Morgan fingerprint density at radius 3 is 2.88 bits per heavy atom. The van der Waals surface area contributed by atoms with E-state index in [1.807, 2.05) is 0 Å². The van der Waals surface area contributed by atoms with Gasteiger partial charge in [-0.05, 0) is 31.2 Å². The topological polar surface area (TPSA) is 126 Å². The van der Waals surface area contributed by atoms with E-state index in [0.29, 0.717) is 41.9 Å². The Bertz CT molecular complexity index is 1260. The highest BCUT2D eigenvalue weighted by Gasteiger charge is 2.28. The molecule has 4 heterocycles. The van der Waals surface area contributed by atoms with Crippen LogP contribution in [0.4, 0.5) is 11.6 Å². The van der Waals surface area contributed by atoms with E-state index >= 15 is 0 Å². The molecule has 0 spiro atoms. The van der Waals surface area contributed by atoms with Gasteiger partial charge in [0.25, 0.3) is 11.5 Å². The summed E-state index contributed by atoms with van der Waals surface area (Å²) >= 11 is 0. The van der Waals surface area contributed by atoms with Crippen molar-refractivity contribution in [3.8, 4) is 11.5 Å². The van der Waals surface area contributed by atoms with Crippen molar-refractivity contribution in [1.82, 2.24) is 19.3 Å². The molecule has 0 saturated heterocycles. The number of amides is 1. The first-order chi connectivity index (χ1) is 15.5. The van der Waals surface area contributed by atoms with Crippen LogP contribution in [0.25, 0.3) is 5.70 Å². The summed E-state index contributed by atoms with van der Waals surface area (Å²) in [7, 11) is 0. The van der Waals surface area contributed by atoms with Crippen molar-refractivity contribution < 1.29 is 14.3 Å². The number of nitrogens with zero attached hydrogens (tertiary/aromatic N) is 4. The van der Waals surface area contributed by atoms with E-state index in [-0.39, 0.29) is 18.0 Å². The van der Waals surface area contributed by atoms with Crippen molar-refractivity contribution in [2.75, 3.05) is 17.7 Å². The average Bonchev–Trinajstić information content (AvgIpc) is 3.07. The third-order valence-electron chi connectivity index (χ3n) is 4.82. The van der Waals surface area contributed by atoms with Crippen LogP contribution >= 0.6 is 0 Å². The minimum atomic E-state index is -0.558. The molecule has 164 valence electrons. The maximum absolute atomic E-state index is 13.1. The van der Waals surface area contributed by atoms with Crippen molar-refractivity contribution in [3.05, 3.63) is 77.0 Å². The van der Waals surface area contributed by atoms with Gasteiger partial charge in [0.05, 0.1) is 31.6 Å². The molecular weight excluding hydrogens is 412 g/mol. The maximum Gasteiger partial charge on any atom is 0.284 e. The summed E-state index contributed by atoms with van der Waals surface area (Å²) in [6.45, 7) is 6.54. The second kappa shape index (κ2) is 8.90. The number of anilines is 2. The summed E-state index contributed by atoms with van der Waals surface area (Å²) < 4.78 is 14.4. The summed E-state index contributed by atoms with van der Waals surface area (Å²) in [5.74, 6) is 1.02. The molecule has 4 rings (SSSR count). The molecule has 0 fully saturated rings. The quantitative estimate of drug-likeness (QED) is 0.571. The zero-order chi connectivity index (χ0) is 22.7. The number of allylic oxidation sites excluding steroid dienone is 3. The van der Waals surface area contributed by atoms with Crippen LogP contribution in [-0.4, -0.2) is 31.8 Å². The molecular formula is C22H22N6O4. The predicted molar refractivity (Wildman–Crippen MR) is 119 cm³/mol. The molecule has 32 heavy (non-hydrogen) atoms. The van der Waals surface area contributed by atoms with E-state index in [1.165, 1.54) is 17.1 Å². The standard InChI is InChI=1S/C22H22N6O4/c1-3-4-14(2)28-22(30)20(17-13-31-10-9-27(17)28)21(29)26-19-6-5-16(12-25-19)32-15-7-8-24-18(23)11-15/h3-8,11-12H,1,9-10,13H2,2H3,(H2,23,24)(H,25,26,29). The van der Waals surface area contributed by atoms with Gasteiger partial charge in [0.15, 0.2) is 0 Å². The SMILES string of the molecule is C=CC=C(C)n1c(=O)c(C(=O)Nc2ccc(Oc3ccnc(N)c3)cn2)c2n1CCOC2. The molecule has 1 aliphatic rings. The third-order valence-corrected chi connectivity index (χ3v) is 4.82. The van der Waals surface area contributed by atoms with E-state index in [0.717, 1.165) is 0 Å². The number of nitrogens with two attached hydrogens (primary N) is 1. The second-order valence-electron chi connectivity index (χ2n) is 7.01. The first-order valence-corrected chi connectivity index (χ1v) is 9.87. The number of nitrogen functional groups attached to an aromatic ring is 1. The summed E-state index contributed by atoms with van der Waals surface area (Å²) in [5, 5.41) is 2.68. The minimum Gasteiger partial charge on any atom is -0.456 e. The molecule has 3 aromatic heterocycles. The number of carbonyl (C=O) groups excluding carboxylic acids is 1. The molecule has 0 radical (unpaired) electrons. The van der Waals surface area contributed by atoms with E-state index in [9.17, 15) is 9.59 Å². The monoisotopic (exact) mass is 434 g/mol. The molecule has 0 aliphatic carbocycles. The van der Waals surface area contributed by atoms with Crippen LogP contribution in [0, 0.1) is 0 Å². The summed E-state index contributed by atoms with van der Waals surface area (Å²) in [6.07, 6.45) is 6.30. The van der Waals surface area contributed by atoms with Gasteiger partial charge in [-0.1, -0.05) is 12.7 Å². The van der Waals surface area contributed by atoms with Crippen LogP contribution in [0.2, 0.25) is 0 Å². The normalized spacial score (nSPS) is 13.3. The predicted octanol–water partition coefficient (Wildman–Crippen LogP) is 2.64. The zero-order valence-electron chi connectivity index (χ0n) is 17.4. The van der Waals surface area contributed by atoms with Gasteiger partial charge < -0.3 is 20.5 Å². The minimum absolute atomic E-state index is 0.0240. The number of hydrogen-bond acceptors (Lipinski definition) is 7. The van der Waals surface area contributed by atoms with Crippen LogP contribution in [0.5, 0.6) is 11.5 Å². The summed E-state index contributed by atoms with van der Waals surface area (Å²) in [5.41, 5.74) is 6.42. The molecule has 0 aromatic carbocycles. The molecule has 3 aromatic rings. The number of ether oxygens (including phenoxy) is 2. The van der Waals surface area contributed by atoms with Gasteiger partial charge in [0, 0.05) is 18.0 Å². The van der Waals surface area contributed by atoms with E-state index in [4.69, 9.17) is 15.2 Å². The number of nitrogens with one attached hydrogen (secondary N) is 1. The average molecular weight is 434 g/mol. The fraction of sp³-hybridized carbons (Fsp3) is 0.182. The number of hydrogen-bond donors (Lipinski definition) is 2. The van der Waals surface area contributed by atoms with Crippen LogP contribution in [0.15, 0.2) is 60.2 Å². The van der Waals surface area contributed by atoms with Gasteiger partial charge in [0.2, 0.25) is 0 Å². The lowest BCUT2D eigenvalue weighted by Crippen LogP contribution is -2.27. The Hall–Kier alpha value is -4.18. The van der Waals surface area contributed by atoms with Gasteiger partial charge in [0.1, 0.15) is 28.7 Å². The Labute approximate surface area is 183 Å².